The molecule has 16 heavy (non-hydrogen) atoms. The zero-order chi connectivity index (χ0) is 11.0. The van der Waals surface area contributed by atoms with Crippen molar-refractivity contribution in [3.63, 3.8) is 0 Å². The van der Waals surface area contributed by atoms with Crippen LogP contribution in [0.3, 0.4) is 0 Å². The summed E-state index contributed by atoms with van der Waals surface area (Å²) in [5.74, 6) is 0. The number of pyridine rings is 1. The van der Waals surface area contributed by atoms with Gasteiger partial charge in [-0.15, -0.1) is 11.3 Å². The Bertz CT molecular complexity index is 626. The molecule has 3 rings (SSSR count). The Kier molecular flexibility index (Phi) is 2.22. The summed E-state index contributed by atoms with van der Waals surface area (Å²) < 4.78 is 0. The first-order valence-corrected chi connectivity index (χ1v) is 6.13. The van der Waals surface area contributed by atoms with Gasteiger partial charge in [-0.3, -0.25) is 0 Å². The second-order valence-electron chi connectivity index (χ2n) is 3.82. The monoisotopic (exact) mass is 225 g/mol. The molecule has 78 valence electrons. The third kappa shape index (κ3) is 1.51. The van der Waals surface area contributed by atoms with Crippen molar-refractivity contribution in [2.45, 2.75) is 6.92 Å². The maximum atomic E-state index is 4.73. The fraction of sp³-hybridized carbons (Fsp3) is 0.0714. The van der Waals surface area contributed by atoms with Crippen LogP contribution >= 0.6 is 11.3 Å². The van der Waals surface area contributed by atoms with E-state index >= 15 is 0 Å². The standard InChI is InChI=1S/C14H11NS/c1-10-9-11-5-2-3-6-12(11)15-14(10)13-7-4-8-16-13/h2-9H,1H3. The maximum absolute atomic E-state index is 4.73. The first-order valence-electron chi connectivity index (χ1n) is 5.25. The molecular formula is C14H11NS. The molecule has 3 aromatic rings. The van der Waals surface area contributed by atoms with Crippen LogP contribution in [0, 0.1) is 6.92 Å². The van der Waals surface area contributed by atoms with Crippen molar-refractivity contribution in [1.29, 1.82) is 0 Å². The number of hydrogen-bond donors (Lipinski definition) is 0. The minimum absolute atomic E-state index is 1.07. The Balaban J connectivity index is 2.30. The van der Waals surface area contributed by atoms with Crippen LogP contribution in [0.2, 0.25) is 0 Å². The van der Waals surface area contributed by atoms with Crippen LogP contribution in [-0.2, 0) is 0 Å². The van der Waals surface area contributed by atoms with Crippen molar-refractivity contribution in [2.75, 3.05) is 0 Å². The fourth-order valence-corrected chi connectivity index (χ4v) is 2.66. The number of rotatable bonds is 1. The van der Waals surface area contributed by atoms with Gasteiger partial charge in [0.2, 0.25) is 0 Å². The molecule has 0 N–H and O–H groups in total. The average molecular weight is 225 g/mol. The van der Waals surface area contributed by atoms with Crippen LogP contribution < -0.4 is 0 Å². The summed E-state index contributed by atoms with van der Waals surface area (Å²) in [6, 6.07) is 14.6. The van der Waals surface area contributed by atoms with E-state index in [2.05, 4.69) is 42.6 Å². The molecule has 0 aliphatic heterocycles. The minimum atomic E-state index is 1.07. The van der Waals surface area contributed by atoms with Gasteiger partial charge in [0.25, 0.3) is 0 Å². The molecular weight excluding hydrogens is 214 g/mol. The summed E-state index contributed by atoms with van der Waals surface area (Å²) in [7, 11) is 0. The Morgan fingerprint density at radius 1 is 1.06 bits per heavy atom. The van der Waals surface area contributed by atoms with Crippen molar-refractivity contribution >= 4 is 22.2 Å². The second-order valence-corrected chi connectivity index (χ2v) is 4.77. The second kappa shape index (κ2) is 3.72. The van der Waals surface area contributed by atoms with Crippen molar-refractivity contribution < 1.29 is 0 Å². The van der Waals surface area contributed by atoms with Crippen molar-refractivity contribution in [3.05, 3.63) is 53.4 Å². The Morgan fingerprint density at radius 3 is 2.75 bits per heavy atom. The van der Waals surface area contributed by atoms with Gasteiger partial charge in [0.15, 0.2) is 0 Å². The van der Waals surface area contributed by atoms with Crippen LogP contribution in [0.5, 0.6) is 0 Å². The normalized spacial score (nSPS) is 10.8. The summed E-state index contributed by atoms with van der Waals surface area (Å²) in [6.45, 7) is 2.12. The predicted molar refractivity (Wildman–Crippen MR) is 69.8 cm³/mol. The zero-order valence-electron chi connectivity index (χ0n) is 8.97. The lowest BCUT2D eigenvalue weighted by molar-refractivity contribution is 1.34. The number of para-hydroxylation sites is 1. The van der Waals surface area contributed by atoms with Crippen LogP contribution in [-0.4, -0.2) is 4.98 Å². The smallest absolute Gasteiger partial charge is 0.0838 e. The quantitative estimate of drug-likeness (QED) is 0.602. The molecule has 0 bridgehead atoms. The molecule has 2 heterocycles. The Hall–Kier alpha value is -1.67. The molecule has 0 fully saturated rings. The van der Waals surface area contributed by atoms with Crippen LogP contribution in [0.15, 0.2) is 47.8 Å². The molecule has 0 radical (unpaired) electrons. The first kappa shape index (κ1) is 9.55. The minimum Gasteiger partial charge on any atom is -0.247 e. The van der Waals surface area contributed by atoms with Crippen molar-refractivity contribution in [1.82, 2.24) is 4.98 Å². The largest absolute Gasteiger partial charge is 0.247 e. The van der Waals surface area contributed by atoms with Gasteiger partial charge in [-0.1, -0.05) is 24.3 Å². The highest BCUT2D eigenvalue weighted by molar-refractivity contribution is 7.13. The zero-order valence-corrected chi connectivity index (χ0v) is 9.79. The Labute approximate surface area is 98.4 Å². The number of aromatic nitrogens is 1. The van der Waals surface area contributed by atoms with Gasteiger partial charge in [0, 0.05) is 5.39 Å². The SMILES string of the molecule is Cc1cc2ccccc2nc1-c1cccs1. The summed E-state index contributed by atoms with van der Waals surface area (Å²) in [4.78, 5) is 5.97. The Morgan fingerprint density at radius 2 is 1.94 bits per heavy atom. The summed E-state index contributed by atoms with van der Waals surface area (Å²) in [5, 5.41) is 3.30. The van der Waals surface area contributed by atoms with Gasteiger partial charge in [-0.25, -0.2) is 4.98 Å². The molecule has 0 amide bonds. The van der Waals surface area contributed by atoms with E-state index in [1.54, 1.807) is 11.3 Å². The van der Waals surface area contributed by atoms with E-state index in [9.17, 15) is 0 Å². The molecule has 2 aromatic heterocycles. The molecule has 1 nitrogen and oxygen atoms in total. The third-order valence-electron chi connectivity index (χ3n) is 2.67. The number of hydrogen-bond acceptors (Lipinski definition) is 2. The fourth-order valence-electron chi connectivity index (χ4n) is 1.88. The third-order valence-corrected chi connectivity index (χ3v) is 3.55. The lowest BCUT2D eigenvalue weighted by Gasteiger charge is -2.05. The number of fused-ring (bicyclic) bond motifs is 1. The number of thiophene rings is 1. The van der Waals surface area contributed by atoms with Gasteiger partial charge in [-0.05, 0) is 36.1 Å². The van der Waals surface area contributed by atoms with Gasteiger partial charge in [-0.2, -0.15) is 0 Å². The van der Waals surface area contributed by atoms with Gasteiger partial charge >= 0.3 is 0 Å². The van der Waals surface area contributed by atoms with E-state index in [0.29, 0.717) is 0 Å². The number of nitrogens with zero attached hydrogens (tertiary/aromatic N) is 1. The molecule has 0 atom stereocenters. The van der Waals surface area contributed by atoms with Crippen LogP contribution in [0.25, 0.3) is 21.5 Å². The molecule has 0 saturated carbocycles. The molecule has 0 aliphatic carbocycles. The molecule has 1 aromatic carbocycles. The lowest BCUT2D eigenvalue weighted by atomic mass is 10.1. The summed E-state index contributed by atoms with van der Waals surface area (Å²) in [5.41, 5.74) is 3.41. The van der Waals surface area contributed by atoms with E-state index in [1.807, 2.05) is 12.1 Å². The lowest BCUT2D eigenvalue weighted by Crippen LogP contribution is -1.87. The predicted octanol–water partition coefficient (Wildman–Crippen LogP) is 4.27. The number of aryl methyl sites for hydroxylation is 1. The van der Waals surface area contributed by atoms with Crippen LogP contribution in [0.4, 0.5) is 0 Å². The van der Waals surface area contributed by atoms with Gasteiger partial charge in [0.1, 0.15) is 0 Å². The maximum Gasteiger partial charge on any atom is 0.0838 e. The number of benzene rings is 1. The van der Waals surface area contributed by atoms with E-state index in [1.165, 1.54) is 15.8 Å². The first-order chi connectivity index (χ1) is 7.84. The molecule has 0 aliphatic rings. The molecule has 2 heteroatoms. The molecule has 0 unspecified atom stereocenters. The average Bonchev–Trinajstić information content (AvgIpc) is 2.81. The van der Waals surface area contributed by atoms with Crippen molar-refractivity contribution in [2.24, 2.45) is 0 Å². The molecule has 0 saturated heterocycles. The summed E-state index contributed by atoms with van der Waals surface area (Å²) >= 11 is 1.74. The van der Waals surface area contributed by atoms with Gasteiger partial charge in [0.05, 0.1) is 16.1 Å². The van der Waals surface area contributed by atoms with Gasteiger partial charge < -0.3 is 0 Å². The van der Waals surface area contributed by atoms with E-state index < -0.39 is 0 Å². The highest BCUT2D eigenvalue weighted by Crippen LogP contribution is 2.28. The van der Waals surface area contributed by atoms with E-state index in [0.717, 1.165) is 11.2 Å². The topological polar surface area (TPSA) is 12.9 Å². The molecule has 0 spiro atoms. The van der Waals surface area contributed by atoms with Crippen LogP contribution in [0.1, 0.15) is 5.56 Å². The highest BCUT2D eigenvalue weighted by Gasteiger charge is 2.06. The van der Waals surface area contributed by atoms with E-state index in [-0.39, 0.29) is 0 Å². The van der Waals surface area contributed by atoms with Crippen molar-refractivity contribution in [3.8, 4) is 10.6 Å². The summed E-state index contributed by atoms with van der Waals surface area (Å²) in [6.07, 6.45) is 0. The highest BCUT2D eigenvalue weighted by atomic mass is 32.1. The van der Waals surface area contributed by atoms with E-state index in [4.69, 9.17) is 4.98 Å².